The average Bonchev–Trinajstić information content (AvgIpc) is 3.14. The first-order valence-electron chi connectivity index (χ1n) is 9.52. The second-order valence-electron chi connectivity index (χ2n) is 7.40. The van der Waals surface area contributed by atoms with E-state index in [1.165, 1.54) is 5.56 Å². The van der Waals surface area contributed by atoms with E-state index >= 15 is 0 Å². The van der Waals surface area contributed by atoms with Gasteiger partial charge in [0.1, 0.15) is 11.6 Å². The summed E-state index contributed by atoms with van der Waals surface area (Å²) >= 11 is 0. The molecule has 0 bridgehead atoms. The van der Waals surface area contributed by atoms with E-state index in [2.05, 4.69) is 65.8 Å². The van der Waals surface area contributed by atoms with Gasteiger partial charge in [0.25, 0.3) is 0 Å². The van der Waals surface area contributed by atoms with Gasteiger partial charge in [0.05, 0.1) is 24.3 Å². The van der Waals surface area contributed by atoms with Crippen molar-refractivity contribution in [3.05, 3.63) is 42.2 Å². The third-order valence-electron chi connectivity index (χ3n) is 5.01. The van der Waals surface area contributed by atoms with Crippen LogP contribution in [0.25, 0.3) is 22.3 Å². The van der Waals surface area contributed by atoms with Gasteiger partial charge in [0.2, 0.25) is 0 Å². The van der Waals surface area contributed by atoms with E-state index in [-0.39, 0.29) is 0 Å². The molecule has 3 heterocycles. The van der Waals surface area contributed by atoms with E-state index in [0.717, 1.165) is 67.5 Å². The minimum atomic E-state index is 0.738. The number of aromatic nitrogens is 3. The van der Waals surface area contributed by atoms with Crippen LogP contribution in [0.4, 0.5) is 5.82 Å². The molecule has 6 nitrogen and oxygen atoms in total. The largest absolute Gasteiger partial charge is 0.378 e. The molecule has 0 spiro atoms. The number of nitrogens with zero attached hydrogens (tertiary/aromatic N) is 5. The van der Waals surface area contributed by atoms with E-state index in [4.69, 9.17) is 14.7 Å². The van der Waals surface area contributed by atoms with Crippen molar-refractivity contribution >= 4 is 16.7 Å². The van der Waals surface area contributed by atoms with Crippen molar-refractivity contribution in [2.24, 2.45) is 0 Å². The molecule has 142 valence electrons. The summed E-state index contributed by atoms with van der Waals surface area (Å²) in [5.41, 5.74) is 3.35. The predicted octanol–water partition coefficient (Wildman–Crippen LogP) is 2.80. The van der Waals surface area contributed by atoms with Gasteiger partial charge in [0, 0.05) is 44.0 Å². The van der Waals surface area contributed by atoms with Gasteiger partial charge in [-0.05, 0) is 38.7 Å². The smallest absolute Gasteiger partial charge is 0.143 e. The lowest BCUT2D eigenvalue weighted by atomic mass is 10.1. The maximum Gasteiger partial charge on any atom is 0.143 e. The van der Waals surface area contributed by atoms with Crippen molar-refractivity contribution in [2.75, 3.05) is 51.8 Å². The number of morpholine rings is 1. The minimum Gasteiger partial charge on any atom is -0.378 e. The predicted molar refractivity (Wildman–Crippen MR) is 109 cm³/mol. The molecule has 0 unspecified atom stereocenters. The highest BCUT2D eigenvalue weighted by Crippen LogP contribution is 2.32. The summed E-state index contributed by atoms with van der Waals surface area (Å²) in [4.78, 5) is 14.3. The molecule has 1 aliphatic heterocycles. The van der Waals surface area contributed by atoms with Gasteiger partial charge in [0.15, 0.2) is 0 Å². The van der Waals surface area contributed by atoms with Crippen LogP contribution in [0.5, 0.6) is 0 Å². The molecule has 4 rings (SSSR count). The molecule has 1 aromatic carbocycles. The summed E-state index contributed by atoms with van der Waals surface area (Å²) in [5.74, 6) is 1.99. The van der Waals surface area contributed by atoms with E-state index < -0.39 is 0 Å². The number of pyridine rings is 1. The topological polar surface area (TPSA) is 46.4 Å². The standard InChI is InChI=1S/C21H27N5O/c1-16-4-5-17-15-18(20-22-6-7-25(20)9-8-24(2)3)21(23-19(17)14-16)26-10-12-27-13-11-26/h4-7,14-15H,8-13H2,1-3H3. The lowest BCUT2D eigenvalue weighted by Crippen LogP contribution is -2.37. The second-order valence-corrected chi connectivity index (χ2v) is 7.40. The molecule has 2 aromatic heterocycles. The van der Waals surface area contributed by atoms with Gasteiger partial charge >= 0.3 is 0 Å². The van der Waals surface area contributed by atoms with E-state index in [9.17, 15) is 0 Å². The quantitative estimate of drug-likeness (QED) is 0.696. The van der Waals surface area contributed by atoms with Crippen molar-refractivity contribution in [3.63, 3.8) is 0 Å². The lowest BCUT2D eigenvalue weighted by molar-refractivity contribution is 0.122. The van der Waals surface area contributed by atoms with Crippen molar-refractivity contribution in [1.29, 1.82) is 0 Å². The molecule has 0 radical (unpaired) electrons. The minimum absolute atomic E-state index is 0.738. The van der Waals surface area contributed by atoms with Crippen LogP contribution in [-0.2, 0) is 11.3 Å². The Balaban J connectivity index is 1.83. The molecule has 0 N–H and O–H groups in total. The molecule has 0 saturated carbocycles. The molecule has 1 fully saturated rings. The zero-order valence-electron chi connectivity index (χ0n) is 16.4. The summed E-state index contributed by atoms with van der Waals surface area (Å²) in [6.07, 6.45) is 3.94. The molecule has 0 amide bonds. The number of fused-ring (bicyclic) bond motifs is 1. The number of rotatable bonds is 5. The van der Waals surface area contributed by atoms with Crippen molar-refractivity contribution in [3.8, 4) is 11.4 Å². The number of hydrogen-bond donors (Lipinski definition) is 0. The first-order valence-corrected chi connectivity index (χ1v) is 9.52. The highest BCUT2D eigenvalue weighted by atomic mass is 16.5. The number of likely N-dealkylation sites (N-methyl/N-ethyl adjacent to an activating group) is 1. The Morgan fingerprint density at radius 1 is 1.15 bits per heavy atom. The molecular formula is C21H27N5O. The van der Waals surface area contributed by atoms with Crippen LogP contribution in [0.3, 0.4) is 0 Å². The van der Waals surface area contributed by atoms with Gasteiger partial charge in [-0.2, -0.15) is 0 Å². The fraction of sp³-hybridized carbons (Fsp3) is 0.429. The van der Waals surface area contributed by atoms with E-state index in [1.54, 1.807) is 0 Å². The highest BCUT2D eigenvalue weighted by Gasteiger charge is 2.21. The zero-order valence-corrected chi connectivity index (χ0v) is 16.4. The zero-order chi connectivity index (χ0) is 18.8. The Bertz CT molecular complexity index is 927. The summed E-state index contributed by atoms with van der Waals surface area (Å²) < 4.78 is 7.77. The van der Waals surface area contributed by atoms with Crippen LogP contribution >= 0.6 is 0 Å². The second kappa shape index (κ2) is 7.66. The van der Waals surface area contributed by atoms with Crippen LogP contribution in [-0.4, -0.2) is 66.4 Å². The Labute approximate surface area is 160 Å². The number of hydrogen-bond acceptors (Lipinski definition) is 5. The molecule has 27 heavy (non-hydrogen) atoms. The Hall–Kier alpha value is -2.44. The highest BCUT2D eigenvalue weighted by molar-refractivity contribution is 5.88. The van der Waals surface area contributed by atoms with E-state index in [1.807, 2.05) is 6.20 Å². The first-order chi connectivity index (χ1) is 13.1. The fourth-order valence-corrected chi connectivity index (χ4v) is 3.49. The van der Waals surface area contributed by atoms with Crippen LogP contribution in [0.15, 0.2) is 36.7 Å². The normalized spacial score (nSPS) is 15.0. The van der Waals surface area contributed by atoms with E-state index in [0.29, 0.717) is 0 Å². The summed E-state index contributed by atoms with van der Waals surface area (Å²) in [6.45, 7) is 7.17. The van der Waals surface area contributed by atoms with Crippen molar-refractivity contribution in [1.82, 2.24) is 19.4 Å². The lowest BCUT2D eigenvalue weighted by Gasteiger charge is -2.29. The van der Waals surface area contributed by atoms with Gasteiger partial charge in [-0.15, -0.1) is 0 Å². The van der Waals surface area contributed by atoms with Gasteiger partial charge in [-0.1, -0.05) is 12.1 Å². The third-order valence-corrected chi connectivity index (χ3v) is 5.01. The molecular weight excluding hydrogens is 338 g/mol. The fourth-order valence-electron chi connectivity index (χ4n) is 3.49. The average molecular weight is 365 g/mol. The van der Waals surface area contributed by atoms with Crippen LogP contribution in [0.2, 0.25) is 0 Å². The first kappa shape index (κ1) is 17.9. The summed E-state index contributed by atoms with van der Waals surface area (Å²) in [5, 5.41) is 1.15. The summed E-state index contributed by atoms with van der Waals surface area (Å²) in [7, 11) is 4.19. The van der Waals surface area contributed by atoms with Crippen molar-refractivity contribution < 1.29 is 4.74 Å². The third kappa shape index (κ3) is 3.82. The van der Waals surface area contributed by atoms with Gasteiger partial charge in [-0.3, -0.25) is 0 Å². The molecule has 1 aliphatic rings. The maximum atomic E-state index is 5.55. The number of imidazole rings is 1. The number of aryl methyl sites for hydroxylation is 1. The number of ether oxygens (including phenoxy) is 1. The monoisotopic (exact) mass is 365 g/mol. The van der Waals surface area contributed by atoms with Crippen LogP contribution in [0, 0.1) is 6.92 Å². The molecule has 6 heteroatoms. The van der Waals surface area contributed by atoms with Crippen LogP contribution < -0.4 is 4.90 Å². The Morgan fingerprint density at radius 2 is 1.96 bits per heavy atom. The summed E-state index contributed by atoms with van der Waals surface area (Å²) in [6, 6.07) is 8.68. The Morgan fingerprint density at radius 3 is 2.74 bits per heavy atom. The molecule has 0 atom stereocenters. The van der Waals surface area contributed by atoms with Crippen LogP contribution in [0.1, 0.15) is 5.56 Å². The van der Waals surface area contributed by atoms with Gasteiger partial charge in [-0.25, -0.2) is 9.97 Å². The van der Waals surface area contributed by atoms with Gasteiger partial charge < -0.3 is 19.1 Å². The Kier molecular flexibility index (Phi) is 5.09. The number of anilines is 1. The van der Waals surface area contributed by atoms with Crippen molar-refractivity contribution in [2.45, 2.75) is 13.5 Å². The SMILES string of the molecule is Cc1ccc2cc(-c3nccn3CCN(C)C)c(N3CCOCC3)nc2c1. The molecule has 3 aromatic rings. The molecule has 0 aliphatic carbocycles. The molecule has 1 saturated heterocycles. The maximum absolute atomic E-state index is 5.55. The number of benzene rings is 1.